The highest BCUT2D eigenvalue weighted by atomic mass is 16.5. The number of fused-ring (bicyclic) bond motifs is 1. The van der Waals surface area contributed by atoms with Crippen molar-refractivity contribution in [3.8, 4) is 5.75 Å². The van der Waals surface area contributed by atoms with Gasteiger partial charge in [0.15, 0.2) is 0 Å². The largest absolute Gasteiger partial charge is 0.496 e. The summed E-state index contributed by atoms with van der Waals surface area (Å²) < 4.78 is 12.2. The zero-order valence-electron chi connectivity index (χ0n) is 19.0. The molecule has 0 aliphatic carbocycles. The van der Waals surface area contributed by atoms with Crippen LogP contribution in [0, 0.1) is 32.6 Å². The summed E-state index contributed by atoms with van der Waals surface area (Å²) in [6, 6.07) is 10.8. The Morgan fingerprint density at radius 3 is 2.61 bits per heavy atom. The van der Waals surface area contributed by atoms with E-state index in [1.54, 1.807) is 7.11 Å². The number of hydrogen-bond donors (Lipinski definition) is 1. The molecule has 3 aliphatic rings. The van der Waals surface area contributed by atoms with Gasteiger partial charge in [-0.2, -0.15) is 0 Å². The molecular formula is C25H33N3O3. The Balaban J connectivity index is 1.39. The van der Waals surface area contributed by atoms with Gasteiger partial charge in [0, 0.05) is 68.2 Å². The number of hydrogen-bond acceptors (Lipinski definition) is 6. The standard InChI is InChI=1S/C25H33N3O3/c1-16-5-6-19(9-23(16)30-4)10-27-11-22-21(13-29)24-12-28(15-25(22,14-27)31-24)20-7-17(2)26-18(3)8-20/h5-9,21-22,24,29H,10-15H2,1-4H3/t21-,22+,24+,25-/m0/s1. The maximum Gasteiger partial charge on any atom is 0.122 e. The van der Waals surface area contributed by atoms with Crippen molar-refractivity contribution >= 4 is 5.69 Å². The van der Waals surface area contributed by atoms with E-state index in [9.17, 15) is 5.11 Å². The van der Waals surface area contributed by atoms with Crippen LogP contribution >= 0.6 is 0 Å². The lowest BCUT2D eigenvalue weighted by Crippen LogP contribution is -2.54. The number of benzene rings is 1. The van der Waals surface area contributed by atoms with E-state index in [1.165, 1.54) is 11.3 Å². The van der Waals surface area contributed by atoms with E-state index in [0.29, 0.717) is 5.92 Å². The van der Waals surface area contributed by atoms with Crippen molar-refractivity contribution < 1.29 is 14.6 Å². The van der Waals surface area contributed by atoms with Gasteiger partial charge in [-0.25, -0.2) is 0 Å². The third kappa shape index (κ3) is 3.60. The lowest BCUT2D eigenvalue weighted by atomic mass is 9.83. The average Bonchev–Trinajstić information content (AvgIpc) is 3.15. The van der Waals surface area contributed by atoms with Crippen LogP contribution in [0.25, 0.3) is 0 Å². The predicted octanol–water partition coefficient (Wildman–Crippen LogP) is 2.71. The zero-order valence-corrected chi connectivity index (χ0v) is 19.0. The molecule has 1 spiro atoms. The fraction of sp³-hybridized carbons (Fsp3) is 0.560. The fourth-order valence-corrected chi connectivity index (χ4v) is 6.06. The number of aryl methyl sites for hydroxylation is 3. The van der Waals surface area contributed by atoms with E-state index in [4.69, 9.17) is 9.47 Å². The van der Waals surface area contributed by atoms with E-state index in [0.717, 1.165) is 55.4 Å². The number of ether oxygens (including phenoxy) is 2. The van der Waals surface area contributed by atoms with Crippen molar-refractivity contribution in [2.24, 2.45) is 11.8 Å². The average molecular weight is 424 g/mol. The molecule has 6 nitrogen and oxygen atoms in total. The van der Waals surface area contributed by atoms with E-state index in [2.05, 4.69) is 65.9 Å². The van der Waals surface area contributed by atoms with E-state index in [-0.39, 0.29) is 24.2 Å². The second-order valence-corrected chi connectivity index (χ2v) is 9.64. The molecule has 0 radical (unpaired) electrons. The summed E-state index contributed by atoms with van der Waals surface area (Å²) >= 11 is 0. The smallest absolute Gasteiger partial charge is 0.122 e. The first kappa shape index (κ1) is 20.7. The van der Waals surface area contributed by atoms with Gasteiger partial charge in [0.2, 0.25) is 0 Å². The van der Waals surface area contributed by atoms with Crippen LogP contribution in [0.15, 0.2) is 30.3 Å². The molecule has 0 amide bonds. The quantitative estimate of drug-likeness (QED) is 0.798. The van der Waals surface area contributed by atoms with Gasteiger partial charge < -0.3 is 19.5 Å². The first-order chi connectivity index (χ1) is 14.9. The number of aromatic nitrogens is 1. The van der Waals surface area contributed by atoms with Gasteiger partial charge >= 0.3 is 0 Å². The van der Waals surface area contributed by atoms with Gasteiger partial charge in [-0.1, -0.05) is 12.1 Å². The Morgan fingerprint density at radius 1 is 1.13 bits per heavy atom. The maximum absolute atomic E-state index is 10.2. The second kappa shape index (κ2) is 7.76. The van der Waals surface area contributed by atoms with Gasteiger partial charge in [-0.15, -0.1) is 0 Å². The minimum atomic E-state index is -0.226. The molecule has 1 aromatic heterocycles. The van der Waals surface area contributed by atoms with Gasteiger partial charge in [0.25, 0.3) is 0 Å². The molecule has 166 valence electrons. The molecule has 6 heteroatoms. The highest BCUT2D eigenvalue weighted by Gasteiger charge is 2.62. The normalized spacial score (nSPS) is 30.0. The molecule has 3 aliphatic heterocycles. The monoisotopic (exact) mass is 423 g/mol. The molecule has 2 aromatic rings. The number of anilines is 1. The molecule has 5 rings (SSSR count). The molecule has 4 heterocycles. The third-order valence-corrected chi connectivity index (χ3v) is 7.38. The highest BCUT2D eigenvalue weighted by molar-refractivity contribution is 5.50. The fourth-order valence-electron chi connectivity index (χ4n) is 6.06. The number of aliphatic hydroxyl groups excluding tert-OH is 1. The molecule has 1 N–H and O–H groups in total. The molecule has 4 atom stereocenters. The van der Waals surface area contributed by atoms with Crippen LogP contribution in [0.3, 0.4) is 0 Å². The number of morpholine rings is 1. The van der Waals surface area contributed by atoms with E-state index >= 15 is 0 Å². The number of rotatable bonds is 5. The minimum absolute atomic E-state index is 0.0825. The SMILES string of the molecule is COc1cc(CN2C[C@@H]3[C@H](CO)[C@H]4CN(c5cc(C)nc(C)c5)C[C@]3(C2)O4)ccc1C. The summed E-state index contributed by atoms with van der Waals surface area (Å²) in [5, 5.41) is 10.2. The van der Waals surface area contributed by atoms with Crippen LogP contribution in [-0.2, 0) is 11.3 Å². The second-order valence-electron chi connectivity index (χ2n) is 9.64. The number of methoxy groups -OCH3 is 1. The Kier molecular flexibility index (Phi) is 5.19. The van der Waals surface area contributed by atoms with Crippen molar-refractivity contribution in [3.05, 3.63) is 52.8 Å². The summed E-state index contributed by atoms with van der Waals surface area (Å²) in [6.07, 6.45) is 0.0825. The van der Waals surface area contributed by atoms with Crippen molar-refractivity contribution in [3.63, 3.8) is 0 Å². The lowest BCUT2D eigenvalue weighted by molar-refractivity contribution is -0.0645. The summed E-state index contributed by atoms with van der Waals surface area (Å²) in [5.41, 5.74) is 5.49. The van der Waals surface area contributed by atoms with Gasteiger partial charge in [-0.3, -0.25) is 9.88 Å². The first-order valence-corrected chi connectivity index (χ1v) is 11.3. The number of aliphatic hydroxyl groups is 1. The number of pyridine rings is 1. The first-order valence-electron chi connectivity index (χ1n) is 11.3. The molecule has 1 aromatic carbocycles. The highest BCUT2D eigenvalue weighted by Crippen LogP contribution is 2.50. The van der Waals surface area contributed by atoms with Gasteiger partial charge in [-0.05, 0) is 50.1 Å². The summed E-state index contributed by atoms with van der Waals surface area (Å²) in [7, 11) is 1.73. The number of nitrogens with zero attached hydrogens (tertiary/aromatic N) is 3. The van der Waals surface area contributed by atoms with Crippen LogP contribution in [0.4, 0.5) is 5.69 Å². The Hall–Kier alpha value is -2.15. The van der Waals surface area contributed by atoms with Crippen molar-refractivity contribution in [1.82, 2.24) is 9.88 Å². The molecular weight excluding hydrogens is 390 g/mol. The van der Waals surface area contributed by atoms with Crippen LogP contribution in [-0.4, -0.2) is 66.6 Å². The molecule has 0 saturated carbocycles. The van der Waals surface area contributed by atoms with Crippen LogP contribution in [0.1, 0.15) is 22.5 Å². The molecule has 3 saturated heterocycles. The molecule has 2 bridgehead atoms. The minimum Gasteiger partial charge on any atom is -0.496 e. The van der Waals surface area contributed by atoms with Crippen LogP contribution in [0.2, 0.25) is 0 Å². The Labute approximate surface area is 184 Å². The summed E-state index contributed by atoms with van der Waals surface area (Å²) in [5.74, 6) is 1.47. The Bertz CT molecular complexity index is 960. The van der Waals surface area contributed by atoms with Crippen molar-refractivity contribution in [2.75, 3.05) is 44.8 Å². The topological polar surface area (TPSA) is 58.1 Å². The predicted molar refractivity (Wildman–Crippen MR) is 121 cm³/mol. The molecule has 3 fully saturated rings. The van der Waals surface area contributed by atoms with Crippen molar-refractivity contribution in [1.29, 1.82) is 0 Å². The number of likely N-dealkylation sites (tertiary alicyclic amines) is 1. The van der Waals surface area contributed by atoms with Crippen molar-refractivity contribution in [2.45, 2.75) is 39.0 Å². The van der Waals surface area contributed by atoms with E-state index in [1.807, 2.05) is 0 Å². The Morgan fingerprint density at radius 2 is 1.90 bits per heavy atom. The third-order valence-electron chi connectivity index (χ3n) is 7.38. The zero-order chi connectivity index (χ0) is 21.8. The summed E-state index contributed by atoms with van der Waals surface area (Å²) in [4.78, 5) is 9.48. The molecule has 31 heavy (non-hydrogen) atoms. The van der Waals surface area contributed by atoms with Crippen LogP contribution < -0.4 is 9.64 Å². The van der Waals surface area contributed by atoms with Gasteiger partial charge in [0.1, 0.15) is 11.4 Å². The maximum atomic E-state index is 10.2. The van der Waals surface area contributed by atoms with Crippen LogP contribution in [0.5, 0.6) is 5.75 Å². The molecule has 0 unspecified atom stereocenters. The van der Waals surface area contributed by atoms with Gasteiger partial charge in [0.05, 0.1) is 13.2 Å². The van der Waals surface area contributed by atoms with E-state index < -0.39 is 0 Å². The lowest BCUT2D eigenvalue weighted by Gasteiger charge is -2.41. The summed E-state index contributed by atoms with van der Waals surface area (Å²) in [6.45, 7) is 10.8.